The number of hydrogen-bond donors (Lipinski definition) is 3. The Balaban J connectivity index is 2.58. The molecular formula is C13H14N2O2. The molecule has 0 amide bonds. The molecule has 0 atom stereocenters. The minimum absolute atomic E-state index is 0.0250. The van der Waals surface area contributed by atoms with Crippen molar-refractivity contribution in [2.75, 3.05) is 13.2 Å². The number of benzene rings is 2. The molecule has 2 aromatic rings. The lowest BCUT2D eigenvalue weighted by Crippen LogP contribution is -2.12. The lowest BCUT2D eigenvalue weighted by molar-refractivity contribution is 0.203. The maximum atomic E-state index is 8.76. The van der Waals surface area contributed by atoms with Crippen molar-refractivity contribution in [3.05, 3.63) is 42.0 Å². The summed E-state index contributed by atoms with van der Waals surface area (Å²) < 4.78 is 5.44. The molecule has 0 spiro atoms. The molecule has 2 aromatic carbocycles. The van der Waals surface area contributed by atoms with Gasteiger partial charge in [0.05, 0.1) is 6.61 Å². The third kappa shape index (κ3) is 2.21. The second kappa shape index (κ2) is 4.84. The molecule has 0 saturated heterocycles. The summed E-state index contributed by atoms with van der Waals surface area (Å²) in [5.41, 5.74) is 6.22. The first-order chi connectivity index (χ1) is 8.24. The molecular weight excluding hydrogens is 216 g/mol. The minimum atomic E-state index is -0.0250. The lowest BCUT2D eigenvalue weighted by Gasteiger charge is -2.11. The fourth-order valence-electron chi connectivity index (χ4n) is 1.79. The molecule has 4 nitrogen and oxygen atoms in total. The molecule has 17 heavy (non-hydrogen) atoms. The number of hydrogen-bond acceptors (Lipinski definition) is 3. The average molecular weight is 230 g/mol. The summed E-state index contributed by atoms with van der Waals surface area (Å²) in [5, 5.41) is 18.1. The predicted molar refractivity (Wildman–Crippen MR) is 67.5 cm³/mol. The van der Waals surface area contributed by atoms with Crippen molar-refractivity contribution in [1.82, 2.24) is 0 Å². The third-order valence-corrected chi connectivity index (χ3v) is 2.52. The lowest BCUT2D eigenvalue weighted by atomic mass is 10.0. The zero-order valence-electron chi connectivity index (χ0n) is 9.31. The second-order valence-corrected chi connectivity index (χ2v) is 3.64. The summed E-state index contributed by atoms with van der Waals surface area (Å²) in [6, 6.07) is 11.1. The highest BCUT2D eigenvalue weighted by atomic mass is 16.5. The zero-order valence-corrected chi connectivity index (χ0v) is 9.31. The maximum Gasteiger partial charge on any atom is 0.127 e. The number of nitrogen functional groups attached to an aromatic ring is 1. The Bertz CT molecular complexity index is 552. The van der Waals surface area contributed by atoms with E-state index in [9.17, 15) is 0 Å². The summed E-state index contributed by atoms with van der Waals surface area (Å²) >= 11 is 0. The van der Waals surface area contributed by atoms with Crippen LogP contribution < -0.4 is 10.5 Å². The van der Waals surface area contributed by atoms with E-state index in [1.807, 2.05) is 24.3 Å². The van der Waals surface area contributed by atoms with Crippen LogP contribution in [0.25, 0.3) is 10.8 Å². The smallest absolute Gasteiger partial charge is 0.127 e. The summed E-state index contributed by atoms with van der Waals surface area (Å²) in [5.74, 6) is 0.731. The largest absolute Gasteiger partial charge is 0.491 e. The fourth-order valence-corrected chi connectivity index (χ4v) is 1.79. The van der Waals surface area contributed by atoms with Gasteiger partial charge in [-0.15, -0.1) is 0 Å². The van der Waals surface area contributed by atoms with Gasteiger partial charge in [0.1, 0.15) is 18.2 Å². The van der Waals surface area contributed by atoms with Crippen LogP contribution in [0.15, 0.2) is 36.4 Å². The van der Waals surface area contributed by atoms with Crippen molar-refractivity contribution in [2.45, 2.75) is 0 Å². The summed E-state index contributed by atoms with van der Waals surface area (Å²) in [6.07, 6.45) is 0. The SMILES string of the molecule is N=C(N)c1ccc(OCCO)c2ccccc12. The van der Waals surface area contributed by atoms with Crippen LogP contribution in [0.1, 0.15) is 5.56 Å². The van der Waals surface area contributed by atoms with E-state index < -0.39 is 0 Å². The Labute approximate surface area is 99.1 Å². The van der Waals surface area contributed by atoms with Crippen LogP contribution in [0.4, 0.5) is 0 Å². The van der Waals surface area contributed by atoms with Gasteiger partial charge in [-0.2, -0.15) is 0 Å². The van der Waals surface area contributed by atoms with E-state index in [0.29, 0.717) is 11.3 Å². The Hall–Kier alpha value is -2.07. The van der Waals surface area contributed by atoms with E-state index in [0.717, 1.165) is 10.8 Å². The van der Waals surface area contributed by atoms with Crippen molar-refractivity contribution in [2.24, 2.45) is 5.73 Å². The minimum Gasteiger partial charge on any atom is -0.491 e. The molecule has 0 aliphatic carbocycles. The Morgan fingerprint density at radius 3 is 2.53 bits per heavy atom. The molecule has 0 aliphatic heterocycles. The van der Waals surface area contributed by atoms with Gasteiger partial charge < -0.3 is 15.6 Å². The number of nitrogens with one attached hydrogen (secondary N) is 1. The van der Waals surface area contributed by atoms with Gasteiger partial charge in [-0.25, -0.2) is 0 Å². The van der Waals surface area contributed by atoms with Gasteiger partial charge in [0.25, 0.3) is 0 Å². The predicted octanol–water partition coefficient (Wildman–Crippen LogP) is 1.49. The standard InChI is InChI=1S/C13H14N2O2/c14-13(15)11-5-6-12(17-8-7-16)10-4-2-1-3-9(10)11/h1-6,16H,7-8H2,(H3,14,15). The Morgan fingerprint density at radius 1 is 1.18 bits per heavy atom. The maximum absolute atomic E-state index is 8.76. The number of aliphatic hydroxyl groups is 1. The summed E-state index contributed by atoms with van der Waals surface area (Å²) in [6.45, 7) is 0.228. The molecule has 0 unspecified atom stereocenters. The first kappa shape index (κ1) is 11.4. The molecule has 0 saturated carbocycles. The molecule has 0 aromatic heterocycles. The average Bonchev–Trinajstić information content (AvgIpc) is 2.35. The van der Waals surface area contributed by atoms with Crippen molar-refractivity contribution < 1.29 is 9.84 Å². The van der Waals surface area contributed by atoms with Gasteiger partial charge >= 0.3 is 0 Å². The molecule has 4 N–H and O–H groups in total. The number of ether oxygens (including phenoxy) is 1. The molecule has 88 valence electrons. The number of aliphatic hydroxyl groups excluding tert-OH is 1. The van der Waals surface area contributed by atoms with E-state index in [-0.39, 0.29) is 19.0 Å². The van der Waals surface area contributed by atoms with Gasteiger partial charge in [0.2, 0.25) is 0 Å². The highest BCUT2D eigenvalue weighted by molar-refractivity contribution is 6.09. The van der Waals surface area contributed by atoms with E-state index in [1.54, 1.807) is 12.1 Å². The van der Waals surface area contributed by atoms with Crippen molar-refractivity contribution >= 4 is 16.6 Å². The second-order valence-electron chi connectivity index (χ2n) is 3.64. The van der Waals surface area contributed by atoms with Gasteiger partial charge in [-0.3, -0.25) is 5.41 Å². The van der Waals surface area contributed by atoms with E-state index in [4.69, 9.17) is 21.0 Å². The van der Waals surface area contributed by atoms with Crippen LogP contribution in [-0.4, -0.2) is 24.2 Å². The number of amidine groups is 1. The van der Waals surface area contributed by atoms with Gasteiger partial charge in [-0.05, 0) is 17.5 Å². The highest BCUT2D eigenvalue weighted by Crippen LogP contribution is 2.28. The third-order valence-electron chi connectivity index (χ3n) is 2.52. The fraction of sp³-hybridized carbons (Fsp3) is 0.154. The van der Waals surface area contributed by atoms with Crippen LogP contribution in [-0.2, 0) is 0 Å². The van der Waals surface area contributed by atoms with Gasteiger partial charge in [0, 0.05) is 10.9 Å². The molecule has 4 heteroatoms. The highest BCUT2D eigenvalue weighted by Gasteiger charge is 2.07. The topological polar surface area (TPSA) is 79.3 Å². The Kier molecular flexibility index (Phi) is 3.25. The van der Waals surface area contributed by atoms with Gasteiger partial charge in [0.15, 0.2) is 0 Å². The molecule has 0 heterocycles. The quantitative estimate of drug-likeness (QED) is 0.550. The summed E-state index contributed by atoms with van der Waals surface area (Å²) in [4.78, 5) is 0. The zero-order chi connectivity index (χ0) is 12.3. The van der Waals surface area contributed by atoms with E-state index in [1.165, 1.54) is 0 Å². The van der Waals surface area contributed by atoms with Crippen LogP contribution >= 0.6 is 0 Å². The first-order valence-corrected chi connectivity index (χ1v) is 5.34. The monoisotopic (exact) mass is 230 g/mol. The number of nitrogens with two attached hydrogens (primary N) is 1. The van der Waals surface area contributed by atoms with Crippen molar-refractivity contribution in [3.8, 4) is 5.75 Å². The first-order valence-electron chi connectivity index (χ1n) is 5.34. The number of fused-ring (bicyclic) bond motifs is 1. The molecule has 0 aliphatic rings. The van der Waals surface area contributed by atoms with Crippen molar-refractivity contribution in [1.29, 1.82) is 5.41 Å². The Morgan fingerprint density at radius 2 is 1.88 bits per heavy atom. The molecule has 0 fully saturated rings. The van der Waals surface area contributed by atoms with Gasteiger partial charge in [-0.1, -0.05) is 24.3 Å². The molecule has 2 rings (SSSR count). The van der Waals surface area contributed by atoms with E-state index in [2.05, 4.69) is 0 Å². The van der Waals surface area contributed by atoms with Crippen molar-refractivity contribution in [3.63, 3.8) is 0 Å². The van der Waals surface area contributed by atoms with Crippen LogP contribution in [0.2, 0.25) is 0 Å². The van der Waals surface area contributed by atoms with Crippen LogP contribution in [0.3, 0.4) is 0 Å². The van der Waals surface area contributed by atoms with Crippen LogP contribution in [0, 0.1) is 5.41 Å². The molecule has 0 radical (unpaired) electrons. The summed E-state index contributed by atoms with van der Waals surface area (Å²) in [7, 11) is 0. The number of rotatable bonds is 4. The van der Waals surface area contributed by atoms with Crippen LogP contribution in [0.5, 0.6) is 5.75 Å². The molecule has 0 bridgehead atoms. The normalized spacial score (nSPS) is 10.4. The van der Waals surface area contributed by atoms with E-state index >= 15 is 0 Å².